The molecule has 1 aliphatic rings. The second-order valence-corrected chi connectivity index (χ2v) is 6.20. The third-order valence-electron chi connectivity index (χ3n) is 5.08. The van der Waals surface area contributed by atoms with Gasteiger partial charge >= 0.3 is 0 Å². The highest BCUT2D eigenvalue weighted by molar-refractivity contribution is 5.82. The lowest BCUT2D eigenvalue weighted by Crippen LogP contribution is -2.30. The maximum atomic E-state index is 13.9. The van der Waals surface area contributed by atoms with E-state index < -0.39 is 11.6 Å². The van der Waals surface area contributed by atoms with Crippen molar-refractivity contribution in [3.8, 4) is 16.9 Å². The molecule has 2 aromatic carbocycles. The minimum atomic E-state index is -0.803. The van der Waals surface area contributed by atoms with Gasteiger partial charge in [-0.3, -0.25) is 0 Å². The molecule has 116 valence electrons. The van der Waals surface area contributed by atoms with Crippen LogP contribution in [0.3, 0.4) is 0 Å². The minimum absolute atomic E-state index is 0.274. The number of hydrogen-bond donors (Lipinski definition) is 0. The summed E-state index contributed by atoms with van der Waals surface area (Å²) in [5, 5.41) is 0. The predicted molar refractivity (Wildman–Crippen MR) is 84.3 cm³/mol. The van der Waals surface area contributed by atoms with Crippen molar-refractivity contribution in [2.45, 2.75) is 32.6 Å². The van der Waals surface area contributed by atoms with Crippen LogP contribution >= 0.6 is 0 Å². The first-order valence-corrected chi connectivity index (χ1v) is 7.64. The van der Waals surface area contributed by atoms with E-state index in [1.807, 2.05) is 18.2 Å². The first-order chi connectivity index (χ1) is 10.5. The third kappa shape index (κ3) is 1.81. The Hall–Kier alpha value is -1.90. The second-order valence-electron chi connectivity index (χ2n) is 6.20. The van der Waals surface area contributed by atoms with E-state index in [1.54, 1.807) is 7.11 Å². The molecule has 1 nitrogen and oxygen atoms in total. The summed E-state index contributed by atoms with van der Waals surface area (Å²) in [6, 6.07) is 8.58. The molecule has 0 heterocycles. The molecule has 22 heavy (non-hydrogen) atoms. The second kappa shape index (κ2) is 5.08. The maximum absolute atomic E-state index is 13.9. The van der Waals surface area contributed by atoms with Crippen molar-refractivity contribution in [1.82, 2.24) is 0 Å². The van der Waals surface area contributed by atoms with Crippen LogP contribution in [0.25, 0.3) is 11.1 Å². The Morgan fingerprint density at radius 3 is 2.23 bits per heavy atom. The Morgan fingerprint density at radius 1 is 1.00 bits per heavy atom. The van der Waals surface area contributed by atoms with Crippen LogP contribution in [0.4, 0.5) is 8.78 Å². The number of methoxy groups -OCH3 is 1. The number of halogens is 2. The largest absolute Gasteiger partial charge is 0.497 e. The van der Waals surface area contributed by atoms with Crippen LogP contribution in [0.5, 0.6) is 5.75 Å². The summed E-state index contributed by atoms with van der Waals surface area (Å²) in [5.41, 5.74) is 3.45. The van der Waals surface area contributed by atoms with Gasteiger partial charge in [0.2, 0.25) is 0 Å². The van der Waals surface area contributed by atoms with E-state index in [9.17, 15) is 8.78 Å². The Balaban J connectivity index is 2.40. The van der Waals surface area contributed by atoms with Crippen LogP contribution in [-0.4, -0.2) is 7.11 Å². The molecule has 3 rings (SSSR count). The van der Waals surface area contributed by atoms with Crippen molar-refractivity contribution in [2.75, 3.05) is 7.11 Å². The van der Waals surface area contributed by atoms with Gasteiger partial charge in [0.05, 0.1) is 7.11 Å². The van der Waals surface area contributed by atoms with Crippen LogP contribution in [0.15, 0.2) is 30.3 Å². The van der Waals surface area contributed by atoms with Crippen LogP contribution in [0, 0.1) is 17.6 Å². The molecule has 0 N–H and O–H groups in total. The van der Waals surface area contributed by atoms with Crippen LogP contribution < -0.4 is 4.74 Å². The van der Waals surface area contributed by atoms with E-state index in [-0.39, 0.29) is 11.3 Å². The molecule has 0 aromatic heterocycles. The highest BCUT2D eigenvalue weighted by Crippen LogP contribution is 2.55. The fraction of sp³-hybridized carbons (Fsp3) is 0.368. The zero-order chi connectivity index (χ0) is 16.1. The Bertz CT molecular complexity index is 736. The molecule has 3 heteroatoms. The molecule has 1 atom stereocenters. The fourth-order valence-corrected chi connectivity index (χ4v) is 3.96. The number of hydrogen-bond acceptors (Lipinski definition) is 1. The predicted octanol–water partition coefficient (Wildman–Crippen LogP) is 5.31. The summed E-state index contributed by atoms with van der Waals surface area (Å²) in [5.74, 6) is -0.582. The minimum Gasteiger partial charge on any atom is -0.497 e. The monoisotopic (exact) mass is 302 g/mol. The molecule has 2 aromatic rings. The molecule has 0 bridgehead atoms. The van der Waals surface area contributed by atoms with Gasteiger partial charge < -0.3 is 4.74 Å². The average Bonchev–Trinajstić information content (AvgIpc) is 2.77. The summed E-state index contributed by atoms with van der Waals surface area (Å²) in [7, 11) is 1.61. The van der Waals surface area contributed by atoms with Crippen LogP contribution in [0.1, 0.15) is 38.3 Å². The van der Waals surface area contributed by atoms with E-state index in [2.05, 4.69) is 20.8 Å². The number of benzene rings is 2. The SMILES string of the molecule is CCC1(C(C)C)c2ccc(OC)cc2-c2cc(F)c(F)cc21. The maximum Gasteiger partial charge on any atom is 0.159 e. The van der Waals surface area contributed by atoms with Gasteiger partial charge in [-0.25, -0.2) is 8.78 Å². The molecule has 0 amide bonds. The highest BCUT2D eigenvalue weighted by Gasteiger charge is 2.44. The Kier molecular flexibility index (Phi) is 3.47. The zero-order valence-electron chi connectivity index (χ0n) is 13.3. The molecular weight excluding hydrogens is 282 g/mol. The van der Waals surface area contributed by atoms with Crippen molar-refractivity contribution in [3.63, 3.8) is 0 Å². The molecule has 0 saturated heterocycles. The molecule has 1 aliphatic carbocycles. The highest BCUT2D eigenvalue weighted by atomic mass is 19.2. The van der Waals surface area contributed by atoms with Gasteiger partial charge in [0.15, 0.2) is 11.6 Å². The zero-order valence-corrected chi connectivity index (χ0v) is 13.3. The summed E-state index contributed by atoms with van der Waals surface area (Å²) in [6.45, 7) is 6.37. The normalized spacial score (nSPS) is 19.2. The lowest BCUT2D eigenvalue weighted by molar-refractivity contribution is 0.363. The van der Waals surface area contributed by atoms with Gasteiger partial charge in [-0.2, -0.15) is 0 Å². The Morgan fingerprint density at radius 2 is 1.64 bits per heavy atom. The van der Waals surface area contributed by atoms with Crippen molar-refractivity contribution in [2.24, 2.45) is 5.92 Å². The quantitative estimate of drug-likeness (QED) is 0.747. The van der Waals surface area contributed by atoms with Gasteiger partial charge in [-0.1, -0.05) is 26.8 Å². The lowest BCUT2D eigenvalue weighted by Gasteiger charge is -2.35. The molecular formula is C19H20F2O. The molecule has 0 aliphatic heterocycles. The van der Waals surface area contributed by atoms with E-state index in [0.29, 0.717) is 0 Å². The fourth-order valence-electron chi connectivity index (χ4n) is 3.96. The average molecular weight is 302 g/mol. The molecule has 0 spiro atoms. The summed E-state index contributed by atoms with van der Waals surface area (Å²) in [6.07, 6.45) is 0.835. The van der Waals surface area contributed by atoms with Crippen molar-refractivity contribution in [1.29, 1.82) is 0 Å². The smallest absolute Gasteiger partial charge is 0.159 e. The molecule has 0 radical (unpaired) electrons. The third-order valence-corrected chi connectivity index (χ3v) is 5.08. The number of ether oxygens (including phenoxy) is 1. The molecule has 1 unspecified atom stereocenters. The van der Waals surface area contributed by atoms with Crippen molar-refractivity contribution < 1.29 is 13.5 Å². The summed E-state index contributed by atoms with van der Waals surface area (Å²) >= 11 is 0. The van der Waals surface area contributed by atoms with Crippen molar-refractivity contribution >= 4 is 0 Å². The van der Waals surface area contributed by atoms with Crippen molar-refractivity contribution in [3.05, 3.63) is 53.1 Å². The van der Waals surface area contributed by atoms with Crippen LogP contribution in [-0.2, 0) is 5.41 Å². The van der Waals surface area contributed by atoms with Gasteiger partial charge in [-0.05, 0) is 58.9 Å². The first kappa shape index (κ1) is 15.0. The first-order valence-electron chi connectivity index (χ1n) is 7.64. The molecule has 0 fully saturated rings. The van der Waals surface area contributed by atoms with E-state index >= 15 is 0 Å². The van der Waals surface area contributed by atoms with E-state index in [0.717, 1.165) is 34.4 Å². The van der Waals surface area contributed by atoms with Gasteiger partial charge in [0, 0.05) is 5.41 Å². The molecule has 0 saturated carbocycles. The lowest BCUT2D eigenvalue weighted by atomic mass is 9.68. The van der Waals surface area contributed by atoms with Crippen LogP contribution in [0.2, 0.25) is 0 Å². The van der Waals surface area contributed by atoms with E-state index in [4.69, 9.17) is 4.74 Å². The topological polar surface area (TPSA) is 9.23 Å². The summed E-state index contributed by atoms with van der Waals surface area (Å²) < 4.78 is 33.0. The standard InChI is InChI=1S/C19H20F2O/c1-5-19(11(2)3)15-7-6-12(22-4)8-13(15)14-9-17(20)18(21)10-16(14)19/h6-11H,5H2,1-4H3. The van der Waals surface area contributed by atoms with Gasteiger partial charge in [0.1, 0.15) is 5.75 Å². The van der Waals surface area contributed by atoms with Gasteiger partial charge in [-0.15, -0.1) is 0 Å². The number of rotatable bonds is 3. The van der Waals surface area contributed by atoms with E-state index in [1.165, 1.54) is 12.1 Å². The summed E-state index contributed by atoms with van der Waals surface area (Å²) in [4.78, 5) is 0. The van der Waals surface area contributed by atoms with Gasteiger partial charge in [0.25, 0.3) is 0 Å². The number of fused-ring (bicyclic) bond motifs is 3. The Labute approximate surface area is 129 Å².